The highest BCUT2D eigenvalue weighted by atomic mass is 32.1. The smallest absolute Gasteiger partial charge is 0.331 e. The first kappa shape index (κ1) is 16.8. The van der Waals surface area contributed by atoms with Crippen molar-refractivity contribution in [1.29, 1.82) is 0 Å². The third-order valence-electron chi connectivity index (χ3n) is 2.98. The van der Waals surface area contributed by atoms with Gasteiger partial charge in [-0.05, 0) is 29.7 Å². The minimum Gasteiger partial charge on any atom is -0.497 e. The van der Waals surface area contributed by atoms with E-state index in [4.69, 9.17) is 14.2 Å². The van der Waals surface area contributed by atoms with Gasteiger partial charge < -0.3 is 14.2 Å². The van der Waals surface area contributed by atoms with Crippen LogP contribution in [-0.2, 0) is 9.53 Å². The van der Waals surface area contributed by atoms with E-state index >= 15 is 0 Å². The van der Waals surface area contributed by atoms with Crippen molar-refractivity contribution in [3.8, 4) is 11.5 Å². The zero-order valence-corrected chi connectivity index (χ0v) is 13.6. The van der Waals surface area contributed by atoms with Gasteiger partial charge in [-0.25, -0.2) is 4.79 Å². The largest absolute Gasteiger partial charge is 0.497 e. The van der Waals surface area contributed by atoms with Gasteiger partial charge >= 0.3 is 5.97 Å². The van der Waals surface area contributed by atoms with Crippen molar-refractivity contribution in [3.63, 3.8) is 0 Å². The summed E-state index contributed by atoms with van der Waals surface area (Å²) in [7, 11) is 2.99. The number of carbonyl (C=O) groups excluding carboxylic acids is 2. The molecule has 0 aliphatic heterocycles. The highest BCUT2D eigenvalue weighted by molar-refractivity contribution is 7.10. The van der Waals surface area contributed by atoms with Crippen LogP contribution in [-0.4, -0.2) is 32.6 Å². The maximum absolute atomic E-state index is 12.1. The molecule has 0 fully saturated rings. The van der Waals surface area contributed by atoms with Gasteiger partial charge in [-0.15, -0.1) is 11.3 Å². The first-order valence-corrected chi connectivity index (χ1v) is 7.65. The molecular formula is C17H16O5S. The third kappa shape index (κ3) is 4.69. The molecule has 1 aromatic heterocycles. The van der Waals surface area contributed by atoms with Crippen LogP contribution in [0.4, 0.5) is 0 Å². The predicted octanol–water partition coefficient (Wildman–Crippen LogP) is 3.20. The van der Waals surface area contributed by atoms with E-state index in [1.54, 1.807) is 24.3 Å². The fourth-order valence-electron chi connectivity index (χ4n) is 1.83. The Kier molecular flexibility index (Phi) is 5.94. The van der Waals surface area contributed by atoms with Crippen molar-refractivity contribution in [2.24, 2.45) is 0 Å². The number of benzene rings is 1. The summed E-state index contributed by atoms with van der Waals surface area (Å²) in [6, 6.07) is 8.59. The summed E-state index contributed by atoms with van der Waals surface area (Å²) in [5.74, 6) is 0.0374. The minimum absolute atomic E-state index is 0.336. The van der Waals surface area contributed by atoms with Gasteiger partial charge in [0.15, 0.2) is 6.61 Å². The van der Waals surface area contributed by atoms with E-state index in [0.29, 0.717) is 17.1 Å². The van der Waals surface area contributed by atoms with Crippen LogP contribution in [0.3, 0.4) is 0 Å². The molecule has 0 saturated carbocycles. The Labute approximate surface area is 138 Å². The normalized spacial score (nSPS) is 10.5. The molecule has 120 valence electrons. The maximum Gasteiger partial charge on any atom is 0.331 e. The lowest BCUT2D eigenvalue weighted by atomic mass is 10.1. The van der Waals surface area contributed by atoms with Crippen molar-refractivity contribution in [3.05, 3.63) is 52.2 Å². The number of Topliss-reactive ketones (excluding diaryl/α,β-unsaturated/α-hetero) is 1. The average Bonchev–Trinajstić information content (AvgIpc) is 3.10. The quantitative estimate of drug-likeness (QED) is 0.443. The molecule has 0 N–H and O–H groups in total. The lowest BCUT2D eigenvalue weighted by Gasteiger charge is -2.09. The van der Waals surface area contributed by atoms with Gasteiger partial charge in [0.05, 0.1) is 19.8 Å². The van der Waals surface area contributed by atoms with E-state index in [-0.39, 0.29) is 12.4 Å². The van der Waals surface area contributed by atoms with Crippen LogP contribution < -0.4 is 9.47 Å². The van der Waals surface area contributed by atoms with E-state index in [9.17, 15) is 9.59 Å². The number of thiophene rings is 1. The van der Waals surface area contributed by atoms with E-state index in [1.165, 1.54) is 31.6 Å². The molecule has 6 heteroatoms. The van der Waals surface area contributed by atoms with Crippen molar-refractivity contribution in [1.82, 2.24) is 0 Å². The van der Waals surface area contributed by atoms with Gasteiger partial charge in [0.2, 0.25) is 5.78 Å². The summed E-state index contributed by atoms with van der Waals surface area (Å²) in [5.41, 5.74) is 0.336. The Morgan fingerprint density at radius 2 is 2.00 bits per heavy atom. The average molecular weight is 332 g/mol. The Morgan fingerprint density at radius 3 is 2.65 bits per heavy atom. The standard InChI is InChI=1S/C17H16O5S/c1-20-12-5-7-14(16(10-12)21-2)15(18)11-22-17(19)8-6-13-4-3-9-23-13/h3-10H,11H2,1-2H3/b8-6+. The van der Waals surface area contributed by atoms with Crippen LogP contribution in [0.15, 0.2) is 41.8 Å². The van der Waals surface area contributed by atoms with E-state index in [1.807, 2.05) is 17.5 Å². The van der Waals surface area contributed by atoms with Gasteiger partial charge in [-0.3, -0.25) is 4.79 Å². The molecule has 0 amide bonds. The van der Waals surface area contributed by atoms with Crippen LogP contribution in [0, 0.1) is 0 Å². The molecule has 0 bridgehead atoms. The third-order valence-corrected chi connectivity index (χ3v) is 3.82. The Morgan fingerprint density at radius 1 is 1.17 bits per heavy atom. The second kappa shape index (κ2) is 8.14. The van der Waals surface area contributed by atoms with Crippen molar-refractivity contribution >= 4 is 29.2 Å². The molecule has 0 aliphatic rings. The molecule has 23 heavy (non-hydrogen) atoms. The Hall–Kier alpha value is -2.60. The number of ether oxygens (including phenoxy) is 3. The molecule has 0 radical (unpaired) electrons. The van der Waals surface area contributed by atoms with E-state index in [0.717, 1.165) is 4.88 Å². The molecule has 2 aromatic rings. The molecular weight excluding hydrogens is 316 g/mol. The summed E-state index contributed by atoms with van der Waals surface area (Å²) < 4.78 is 15.2. The monoisotopic (exact) mass is 332 g/mol. The number of esters is 1. The highest BCUT2D eigenvalue weighted by Gasteiger charge is 2.14. The number of methoxy groups -OCH3 is 2. The van der Waals surface area contributed by atoms with Crippen molar-refractivity contribution in [2.45, 2.75) is 0 Å². The van der Waals surface area contributed by atoms with Gasteiger partial charge in [0, 0.05) is 17.0 Å². The zero-order chi connectivity index (χ0) is 16.7. The molecule has 5 nitrogen and oxygen atoms in total. The van der Waals surface area contributed by atoms with Crippen LogP contribution in [0.1, 0.15) is 15.2 Å². The number of hydrogen-bond donors (Lipinski definition) is 0. The Bertz CT molecular complexity index is 704. The number of carbonyl (C=O) groups is 2. The molecule has 1 aromatic carbocycles. The van der Waals surface area contributed by atoms with Crippen molar-refractivity contribution in [2.75, 3.05) is 20.8 Å². The summed E-state index contributed by atoms with van der Waals surface area (Å²) in [6.45, 7) is -0.351. The minimum atomic E-state index is -0.570. The van der Waals surface area contributed by atoms with Crippen LogP contribution >= 0.6 is 11.3 Å². The molecule has 0 saturated heterocycles. The molecule has 0 aliphatic carbocycles. The fraction of sp³-hybridized carbons (Fsp3) is 0.176. The second-order valence-electron chi connectivity index (χ2n) is 4.45. The van der Waals surface area contributed by atoms with Crippen molar-refractivity contribution < 1.29 is 23.8 Å². The first-order valence-electron chi connectivity index (χ1n) is 6.77. The SMILES string of the molecule is COc1ccc(C(=O)COC(=O)/C=C/c2cccs2)c(OC)c1. The topological polar surface area (TPSA) is 61.8 Å². The van der Waals surface area contributed by atoms with Gasteiger partial charge in [-0.1, -0.05) is 6.07 Å². The molecule has 0 spiro atoms. The fourth-order valence-corrected chi connectivity index (χ4v) is 2.45. The lowest BCUT2D eigenvalue weighted by Crippen LogP contribution is -2.13. The second-order valence-corrected chi connectivity index (χ2v) is 5.43. The number of hydrogen-bond acceptors (Lipinski definition) is 6. The molecule has 1 heterocycles. The first-order chi connectivity index (χ1) is 11.1. The summed E-state index contributed by atoms with van der Waals surface area (Å²) in [6.07, 6.45) is 2.94. The molecule has 0 atom stereocenters. The molecule has 0 unspecified atom stereocenters. The van der Waals surface area contributed by atoms with E-state index < -0.39 is 5.97 Å². The van der Waals surface area contributed by atoms with Crippen LogP contribution in [0.2, 0.25) is 0 Å². The lowest BCUT2D eigenvalue weighted by molar-refractivity contribution is -0.136. The number of ketones is 1. The predicted molar refractivity (Wildman–Crippen MR) is 88.2 cm³/mol. The Balaban J connectivity index is 1.95. The van der Waals surface area contributed by atoms with Gasteiger partial charge in [0.25, 0.3) is 0 Å². The summed E-state index contributed by atoms with van der Waals surface area (Å²) in [5, 5.41) is 1.91. The highest BCUT2D eigenvalue weighted by Crippen LogP contribution is 2.25. The van der Waals surface area contributed by atoms with Gasteiger partial charge in [-0.2, -0.15) is 0 Å². The molecule has 2 rings (SSSR count). The van der Waals surface area contributed by atoms with Gasteiger partial charge in [0.1, 0.15) is 11.5 Å². The van der Waals surface area contributed by atoms with Crippen LogP contribution in [0.5, 0.6) is 11.5 Å². The number of rotatable bonds is 7. The summed E-state index contributed by atoms with van der Waals surface area (Å²) >= 11 is 1.50. The zero-order valence-electron chi connectivity index (χ0n) is 12.8. The van der Waals surface area contributed by atoms with Crippen LogP contribution in [0.25, 0.3) is 6.08 Å². The van der Waals surface area contributed by atoms with E-state index in [2.05, 4.69) is 0 Å². The summed E-state index contributed by atoms with van der Waals surface area (Å²) in [4.78, 5) is 24.7. The maximum atomic E-state index is 12.1.